The maximum absolute atomic E-state index is 12.8. The molecule has 1 aromatic rings. The number of rotatable bonds is 5. The molecule has 23 heavy (non-hydrogen) atoms. The normalized spacial score (nSPS) is 17.5. The molecular weight excluding hydrogens is 286 g/mol. The molecule has 2 rings (SSSR count). The van der Waals surface area contributed by atoms with Crippen LogP contribution < -0.4 is 0 Å². The van der Waals surface area contributed by atoms with Crippen molar-refractivity contribution < 1.29 is 9.53 Å². The van der Waals surface area contributed by atoms with Crippen LogP contribution in [0.1, 0.15) is 77.0 Å². The zero-order valence-electron chi connectivity index (χ0n) is 15.1. The van der Waals surface area contributed by atoms with E-state index in [0.29, 0.717) is 0 Å². The highest BCUT2D eigenvalue weighted by molar-refractivity contribution is 5.69. The summed E-state index contributed by atoms with van der Waals surface area (Å²) < 4.78 is 5.69. The van der Waals surface area contributed by atoms with Gasteiger partial charge in [0, 0.05) is 6.54 Å². The van der Waals surface area contributed by atoms with Crippen molar-refractivity contribution in [1.29, 1.82) is 0 Å². The molecule has 1 aliphatic rings. The van der Waals surface area contributed by atoms with E-state index in [1.807, 2.05) is 25.7 Å². The van der Waals surface area contributed by atoms with E-state index in [9.17, 15) is 4.79 Å². The Kier molecular flexibility index (Phi) is 6.09. The Balaban J connectivity index is 2.21. The van der Waals surface area contributed by atoms with Gasteiger partial charge >= 0.3 is 6.09 Å². The van der Waals surface area contributed by atoms with Gasteiger partial charge in [0.1, 0.15) is 5.60 Å². The fraction of sp³-hybridized carbons (Fsp3) is 0.650. The standard InChI is InChI=1S/C20H31NO2/c1-5-6-9-15-21(19(22)23-20(2,3)4)18-14-10-12-16-11-7-8-13-17(16)18/h7-8,11,13,18H,5-6,9-10,12,14-15H2,1-4H3. The molecule has 0 saturated heterocycles. The Morgan fingerprint density at radius 3 is 2.70 bits per heavy atom. The van der Waals surface area contributed by atoms with Crippen LogP contribution in [0.5, 0.6) is 0 Å². The molecule has 0 N–H and O–H groups in total. The number of hydrogen-bond donors (Lipinski definition) is 0. The molecule has 1 amide bonds. The van der Waals surface area contributed by atoms with Gasteiger partial charge < -0.3 is 9.64 Å². The van der Waals surface area contributed by atoms with Crippen LogP contribution in [0.25, 0.3) is 0 Å². The summed E-state index contributed by atoms with van der Waals surface area (Å²) in [6.07, 6.45) is 6.45. The SMILES string of the molecule is CCCCCN(C(=O)OC(C)(C)C)C1CCCc2ccccc21. The third-order valence-electron chi connectivity index (χ3n) is 4.34. The number of hydrogen-bond acceptors (Lipinski definition) is 2. The molecular formula is C20H31NO2. The predicted molar refractivity (Wildman–Crippen MR) is 94.6 cm³/mol. The summed E-state index contributed by atoms with van der Waals surface area (Å²) in [5.74, 6) is 0. The highest BCUT2D eigenvalue weighted by Gasteiger charge is 2.31. The number of aryl methyl sites for hydroxylation is 1. The van der Waals surface area contributed by atoms with Gasteiger partial charge in [0.05, 0.1) is 6.04 Å². The van der Waals surface area contributed by atoms with E-state index in [0.717, 1.165) is 45.1 Å². The van der Waals surface area contributed by atoms with Crippen molar-refractivity contribution in [3.05, 3.63) is 35.4 Å². The Morgan fingerprint density at radius 1 is 1.26 bits per heavy atom. The minimum Gasteiger partial charge on any atom is -0.444 e. The zero-order chi connectivity index (χ0) is 16.9. The number of carbonyl (C=O) groups excluding carboxylic acids is 1. The van der Waals surface area contributed by atoms with Crippen LogP contribution >= 0.6 is 0 Å². The quantitative estimate of drug-likeness (QED) is 0.672. The van der Waals surface area contributed by atoms with Crippen LogP contribution in [0.15, 0.2) is 24.3 Å². The minimum absolute atomic E-state index is 0.159. The van der Waals surface area contributed by atoms with Crippen molar-refractivity contribution in [2.45, 2.75) is 77.9 Å². The van der Waals surface area contributed by atoms with Crippen LogP contribution in [0.3, 0.4) is 0 Å². The van der Waals surface area contributed by atoms with Gasteiger partial charge in [0.25, 0.3) is 0 Å². The Hall–Kier alpha value is -1.51. The van der Waals surface area contributed by atoms with Gasteiger partial charge in [-0.25, -0.2) is 4.79 Å². The monoisotopic (exact) mass is 317 g/mol. The third-order valence-corrected chi connectivity index (χ3v) is 4.34. The summed E-state index contributed by atoms with van der Waals surface area (Å²) in [6, 6.07) is 8.70. The fourth-order valence-corrected chi connectivity index (χ4v) is 3.28. The molecule has 1 aliphatic carbocycles. The average Bonchev–Trinajstić information content (AvgIpc) is 2.49. The predicted octanol–water partition coefficient (Wildman–Crippen LogP) is 5.49. The molecule has 0 aliphatic heterocycles. The first-order valence-corrected chi connectivity index (χ1v) is 9.00. The van der Waals surface area contributed by atoms with Crippen molar-refractivity contribution in [1.82, 2.24) is 4.90 Å². The van der Waals surface area contributed by atoms with Crippen LogP contribution in [-0.4, -0.2) is 23.1 Å². The number of amides is 1. The smallest absolute Gasteiger partial charge is 0.410 e. The number of fused-ring (bicyclic) bond motifs is 1. The molecule has 0 fully saturated rings. The first kappa shape index (κ1) is 17.8. The Labute approximate surface area is 141 Å². The zero-order valence-corrected chi connectivity index (χ0v) is 15.1. The summed E-state index contributed by atoms with van der Waals surface area (Å²) in [6.45, 7) is 8.77. The highest BCUT2D eigenvalue weighted by Crippen LogP contribution is 2.35. The molecule has 1 unspecified atom stereocenters. The summed E-state index contributed by atoms with van der Waals surface area (Å²) in [5, 5.41) is 0. The number of nitrogens with zero attached hydrogens (tertiary/aromatic N) is 1. The molecule has 3 nitrogen and oxygen atoms in total. The van der Waals surface area contributed by atoms with Crippen molar-refractivity contribution in [3.8, 4) is 0 Å². The number of ether oxygens (including phenoxy) is 1. The summed E-state index contributed by atoms with van der Waals surface area (Å²) in [5.41, 5.74) is 2.24. The molecule has 1 aromatic carbocycles. The maximum Gasteiger partial charge on any atom is 0.410 e. The second-order valence-corrected chi connectivity index (χ2v) is 7.49. The van der Waals surface area contributed by atoms with Gasteiger partial charge in [-0.1, -0.05) is 44.0 Å². The van der Waals surface area contributed by atoms with Crippen LogP contribution in [0.2, 0.25) is 0 Å². The highest BCUT2D eigenvalue weighted by atomic mass is 16.6. The van der Waals surface area contributed by atoms with E-state index >= 15 is 0 Å². The molecule has 0 bridgehead atoms. The second kappa shape index (κ2) is 7.85. The van der Waals surface area contributed by atoms with E-state index < -0.39 is 5.60 Å². The van der Waals surface area contributed by atoms with E-state index in [-0.39, 0.29) is 12.1 Å². The van der Waals surface area contributed by atoms with Gasteiger partial charge in [0.2, 0.25) is 0 Å². The lowest BCUT2D eigenvalue weighted by atomic mass is 9.87. The maximum atomic E-state index is 12.8. The first-order chi connectivity index (χ1) is 10.9. The van der Waals surface area contributed by atoms with E-state index in [2.05, 4.69) is 31.2 Å². The molecule has 0 radical (unpaired) electrons. The van der Waals surface area contributed by atoms with Gasteiger partial charge in [-0.2, -0.15) is 0 Å². The van der Waals surface area contributed by atoms with Crippen molar-refractivity contribution in [3.63, 3.8) is 0 Å². The minimum atomic E-state index is -0.450. The van der Waals surface area contributed by atoms with Crippen molar-refractivity contribution in [2.75, 3.05) is 6.54 Å². The lowest BCUT2D eigenvalue weighted by molar-refractivity contribution is 0.0135. The lowest BCUT2D eigenvalue weighted by Crippen LogP contribution is -2.41. The Morgan fingerprint density at radius 2 is 2.00 bits per heavy atom. The molecule has 0 spiro atoms. The molecule has 0 aromatic heterocycles. The molecule has 1 atom stereocenters. The number of unbranched alkanes of at least 4 members (excludes halogenated alkanes) is 2. The van der Waals surface area contributed by atoms with E-state index in [4.69, 9.17) is 4.74 Å². The third kappa shape index (κ3) is 4.98. The number of benzene rings is 1. The van der Waals surface area contributed by atoms with Crippen molar-refractivity contribution >= 4 is 6.09 Å². The molecule has 3 heteroatoms. The van der Waals surface area contributed by atoms with E-state index in [1.54, 1.807) is 0 Å². The Bertz CT molecular complexity index is 519. The molecule has 0 saturated carbocycles. The average molecular weight is 317 g/mol. The van der Waals surface area contributed by atoms with Gasteiger partial charge in [-0.15, -0.1) is 0 Å². The van der Waals surface area contributed by atoms with Gasteiger partial charge in [0.15, 0.2) is 0 Å². The lowest BCUT2D eigenvalue weighted by Gasteiger charge is -2.37. The van der Waals surface area contributed by atoms with E-state index in [1.165, 1.54) is 11.1 Å². The summed E-state index contributed by atoms with van der Waals surface area (Å²) in [4.78, 5) is 14.7. The van der Waals surface area contributed by atoms with Crippen LogP contribution in [0.4, 0.5) is 4.79 Å². The van der Waals surface area contributed by atoms with Crippen LogP contribution in [0, 0.1) is 0 Å². The van der Waals surface area contributed by atoms with Gasteiger partial charge in [-0.3, -0.25) is 0 Å². The topological polar surface area (TPSA) is 29.5 Å². The molecule has 0 heterocycles. The van der Waals surface area contributed by atoms with Gasteiger partial charge in [-0.05, 0) is 57.6 Å². The largest absolute Gasteiger partial charge is 0.444 e. The first-order valence-electron chi connectivity index (χ1n) is 9.00. The van der Waals surface area contributed by atoms with Crippen molar-refractivity contribution in [2.24, 2.45) is 0 Å². The van der Waals surface area contributed by atoms with Crippen LogP contribution in [-0.2, 0) is 11.2 Å². The number of carbonyl (C=O) groups is 1. The molecule has 128 valence electrons. The summed E-state index contributed by atoms with van der Waals surface area (Å²) >= 11 is 0. The second-order valence-electron chi connectivity index (χ2n) is 7.49. The summed E-state index contributed by atoms with van der Waals surface area (Å²) in [7, 11) is 0. The fourth-order valence-electron chi connectivity index (χ4n) is 3.28.